The zero-order chi connectivity index (χ0) is 10.8. The van der Waals surface area contributed by atoms with Crippen molar-refractivity contribution in [3.63, 3.8) is 0 Å². The molecule has 0 radical (unpaired) electrons. The molecule has 1 aliphatic heterocycles. The normalized spacial score (nSPS) is 24.8. The number of carboxylic acids is 1. The molecule has 0 spiro atoms. The van der Waals surface area contributed by atoms with Gasteiger partial charge in [0.25, 0.3) is 0 Å². The zero-order valence-corrected chi connectivity index (χ0v) is 8.75. The van der Waals surface area contributed by atoms with Gasteiger partial charge in [0.2, 0.25) is 10.0 Å². The van der Waals surface area contributed by atoms with Gasteiger partial charge in [-0.25, -0.2) is 8.42 Å². The van der Waals surface area contributed by atoms with E-state index < -0.39 is 21.7 Å². The number of hydrogen-bond acceptors (Lipinski definition) is 4. The lowest BCUT2D eigenvalue weighted by atomic mass is 10.3. The Hall–Kier alpha value is -0.660. The van der Waals surface area contributed by atoms with Crippen LogP contribution in [0.3, 0.4) is 0 Å². The van der Waals surface area contributed by atoms with Crippen molar-refractivity contribution < 1.29 is 18.3 Å². The van der Waals surface area contributed by atoms with Crippen LogP contribution in [-0.4, -0.2) is 55.2 Å². The Morgan fingerprint density at radius 1 is 1.64 bits per heavy atom. The van der Waals surface area contributed by atoms with Gasteiger partial charge in [-0.1, -0.05) is 0 Å². The van der Waals surface area contributed by atoms with Gasteiger partial charge in [0.05, 0.1) is 0 Å². The zero-order valence-electron chi connectivity index (χ0n) is 7.93. The molecule has 2 N–H and O–H groups in total. The lowest BCUT2D eigenvalue weighted by Gasteiger charge is -2.32. The maximum absolute atomic E-state index is 11.5. The number of carbonyl (C=O) groups is 1. The lowest BCUT2D eigenvalue weighted by Crippen LogP contribution is -2.53. The molecular formula is C7H14N2O4S. The maximum Gasteiger partial charge on any atom is 0.320 e. The van der Waals surface area contributed by atoms with E-state index in [0.29, 0.717) is 19.6 Å². The summed E-state index contributed by atoms with van der Waals surface area (Å²) in [6.07, 6.45) is 0. The van der Waals surface area contributed by atoms with Crippen molar-refractivity contribution in [2.75, 3.05) is 25.4 Å². The van der Waals surface area contributed by atoms with E-state index >= 15 is 0 Å². The van der Waals surface area contributed by atoms with Gasteiger partial charge >= 0.3 is 5.97 Å². The van der Waals surface area contributed by atoms with E-state index in [2.05, 4.69) is 5.32 Å². The Kier molecular flexibility index (Phi) is 3.46. The number of hydrogen-bond donors (Lipinski definition) is 2. The number of rotatable bonds is 3. The summed E-state index contributed by atoms with van der Waals surface area (Å²) in [5, 5.41) is 11.5. The molecule has 0 saturated carbocycles. The fourth-order valence-corrected chi connectivity index (χ4v) is 2.94. The summed E-state index contributed by atoms with van der Waals surface area (Å²) < 4.78 is 24.3. The first kappa shape index (κ1) is 11.4. The molecule has 1 unspecified atom stereocenters. The van der Waals surface area contributed by atoms with Gasteiger partial charge in [-0.2, -0.15) is 4.31 Å². The summed E-state index contributed by atoms with van der Waals surface area (Å²) in [6.45, 7) is 3.24. The number of sulfonamides is 1. The molecule has 0 amide bonds. The second kappa shape index (κ2) is 4.24. The van der Waals surface area contributed by atoms with Crippen LogP contribution in [0.15, 0.2) is 0 Å². The van der Waals surface area contributed by atoms with E-state index in [-0.39, 0.29) is 6.04 Å². The number of carboxylic acid groups (broad SMARTS) is 1. The highest BCUT2D eigenvalue weighted by Crippen LogP contribution is 2.09. The van der Waals surface area contributed by atoms with Gasteiger partial charge < -0.3 is 10.4 Å². The van der Waals surface area contributed by atoms with Crippen LogP contribution in [0.5, 0.6) is 0 Å². The molecular weight excluding hydrogens is 208 g/mol. The van der Waals surface area contributed by atoms with Crippen molar-refractivity contribution in [1.82, 2.24) is 9.62 Å². The molecule has 0 aromatic rings. The van der Waals surface area contributed by atoms with Gasteiger partial charge in [-0.15, -0.1) is 0 Å². The van der Waals surface area contributed by atoms with E-state index in [0.717, 1.165) is 0 Å². The van der Waals surface area contributed by atoms with E-state index in [1.54, 1.807) is 6.92 Å². The third kappa shape index (κ3) is 2.66. The Labute approximate surface area is 82.9 Å². The molecule has 0 aromatic carbocycles. The quantitative estimate of drug-likeness (QED) is 0.619. The van der Waals surface area contributed by atoms with Gasteiger partial charge in [0.15, 0.2) is 5.75 Å². The predicted molar refractivity (Wildman–Crippen MR) is 50.5 cm³/mol. The largest absolute Gasteiger partial charge is 0.480 e. The van der Waals surface area contributed by atoms with Crippen molar-refractivity contribution in [1.29, 1.82) is 0 Å². The summed E-state index contributed by atoms with van der Waals surface area (Å²) in [5.41, 5.74) is 0. The SMILES string of the molecule is CC1CNCCN1S(=O)(=O)CC(=O)O. The number of nitrogens with zero attached hydrogens (tertiary/aromatic N) is 1. The Bertz CT molecular complexity index is 314. The van der Waals surface area contributed by atoms with Crippen molar-refractivity contribution in [3.8, 4) is 0 Å². The molecule has 0 bridgehead atoms. The second-order valence-corrected chi connectivity index (χ2v) is 5.24. The molecule has 1 saturated heterocycles. The third-order valence-electron chi connectivity index (χ3n) is 2.10. The van der Waals surface area contributed by atoms with Crippen LogP contribution in [-0.2, 0) is 14.8 Å². The number of nitrogens with one attached hydrogen (secondary N) is 1. The fraction of sp³-hybridized carbons (Fsp3) is 0.857. The Balaban J connectivity index is 2.75. The smallest absolute Gasteiger partial charge is 0.320 e. The standard InChI is InChI=1S/C7H14N2O4S/c1-6-4-8-2-3-9(6)14(12,13)5-7(10)11/h6,8H,2-5H2,1H3,(H,10,11). The number of piperazine rings is 1. The maximum atomic E-state index is 11.5. The highest BCUT2D eigenvalue weighted by molar-refractivity contribution is 7.89. The number of aliphatic carboxylic acids is 1. The molecule has 1 aliphatic rings. The first-order chi connectivity index (χ1) is 6.43. The van der Waals surface area contributed by atoms with E-state index in [9.17, 15) is 13.2 Å². The van der Waals surface area contributed by atoms with Crippen LogP contribution < -0.4 is 5.32 Å². The molecule has 1 heterocycles. The lowest BCUT2D eigenvalue weighted by molar-refractivity contribution is -0.134. The minimum absolute atomic E-state index is 0.173. The van der Waals surface area contributed by atoms with Crippen LogP contribution in [0, 0.1) is 0 Å². The third-order valence-corrected chi connectivity index (χ3v) is 3.97. The average molecular weight is 222 g/mol. The Morgan fingerprint density at radius 2 is 2.29 bits per heavy atom. The second-order valence-electron chi connectivity index (χ2n) is 3.31. The molecule has 1 rings (SSSR count). The predicted octanol–water partition coefficient (Wildman–Crippen LogP) is -1.31. The molecule has 0 aromatic heterocycles. The van der Waals surface area contributed by atoms with Crippen molar-refractivity contribution >= 4 is 16.0 Å². The van der Waals surface area contributed by atoms with Gasteiger partial charge in [-0.3, -0.25) is 4.79 Å². The van der Waals surface area contributed by atoms with E-state index in [1.165, 1.54) is 4.31 Å². The van der Waals surface area contributed by atoms with Gasteiger partial charge in [0, 0.05) is 25.7 Å². The minimum atomic E-state index is -3.64. The molecule has 6 nitrogen and oxygen atoms in total. The first-order valence-electron chi connectivity index (χ1n) is 4.35. The van der Waals surface area contributed by atoms with Crippen LogP contribution in [0.25, 0.3) is 0 Å². The summed E-state index contributed by atoms with van der Waals surface area (Å²) in [6, 6.07) is -0.173. The summed E-state index contributed by atoms with van der Waals surface area (Å²) in [7, 11) is -3.64. The van der Waals surface area contributed by atoms with Crippen molar-refractivity contribution in [2.24, 2.45) is 0 Å². The highest BCUT2D eigenvalue weighted by atomic mass is 32.2. The van der Waals surface area contributed by atoms with Crippen LogP contribution in [0.1, 0.15) is 6.92 Å². The Morgan fingerprint density at radius 3 is 2.79 bits per heavy atom. The first-order valence-corrected chi connectivity index (χ1v) is 5.96. The molecule has 7 heteroatoms. The van der Waals surface area contributed by atoms with Gasteiger partial charge in [0.1, 0.15) is 0 Å². The molecule has 1 fully saturated rings. The average Bonchev–Trinajstić information content (AvgIpc) is 2.02. The monoisotopic (exact) mass is 222 g/mol. The fourth-order valence-electron chi connectivity index (χ4n) is 1.47. The van der Waals surface area contributed by atoms with Crippen LogP contribution in [0.4, 0.5) is 0 Å². The summed E-state index contributed by atoms with van der Waals surface area (Å²) >= 11 is 0. The van der Waals surface area contributed by atoms with E-state index in [4.69, 9.17) is 5.11 Å². The molecule has 0 aliphatic carbocycles. The van der Waals surface area contributed by atoms with Crippen LogP contribution in [0.2, 0.25) is 0 Å². The topological polar surface area (TPSA) is 86.7 Å². The van der Waals surface area contributed by atoms with Crippen molar-refractivity contribution in [2.45, 2.75) is 13.0 Å². The summed E-state index contributed by atoms with van der Waals surface area (Å²) in [4.78, 5) is 10.3. The minimum Gasteiger partial charge on any atom is -0.480 e. The summed E-state index contributed by atoms with van der Waals surface area (Å²) in [5.74, 6) is -2.13. The molecule has 82 valence electrons. The van der Waals surface area contributed by atoms with E-state index in [1.807, 2.05) is 0 Å². The highest BCUT2D eigenvalue weighted by Gasteiger charge is 2.30. The van der Waals surface area contributed by atoms with Gasteiger partial charge in [-0.05, 0) is 6.92 Å². The molecule has 1 atom stereocenters. The molecule has 14 heavy (non-hydrogen) atoms. The van der Waals surface area contributed by atoms with Crippen molar-refractivity contribution in [3.05, 3.63) is 0 Å². The van der Waals surface area contributed by atoms with Crippen LogP contribution >= 0.6 is 0 Å².